The molecule has 0 fully saturated rings. The predicted molar refractivity (Wildman–Crippen MR) is 123 cm³/mol. The van der Waals surface area contributed by atoms with Crippen molar-refractivity contribution < 1.29 is 18.7 Å². The molecule has 0 atom stereocenters. The van der Waals surface area contributed by atoms with Crippen LogP contribution in [0.15, 0.2) is 59.4 Å². The molecule has 0 aromatic heterocycles. The third-order valence-electron chi connectivity index (χ3n) is 4.17. The summed E-state index contributed by atoms with van der Waals surface area (Å²) in [4.78, 5) is 16.6. The van der Waals surface area contributed by atoms with Gasteiger partial charge in [0.25, 0.3) is 0 Å². The summed E-state index contributed by atoms with van der Waals surface area (Å²) in [5.41, 5.74) is 2.14. The Kier molecular flexibility index (Phi) is 11.9. The van der Waals surface area contributed by atoms with Crippen molar-refractivity contribution in [3.63, 3.8) is 0 Å². The number of aliphatic imine (C=N–C) groups is 1. The molecule has 0 heterocycles. The highest BCUT2D eigenvalue weighted by molar-refractivity contribution is 6.30. The number of benzene rings is 2. The molecule has 0 aliphatic carbocycles. The van der Waals surface area contributed by atoms with Gasteiger partial charge in [-0.2, -0.15) is 0 Å². The first-order valence-corrected chi connectivity index (χ1v) is 9.98. The number of carbonyl (C=O) groups excluding carboxylic acids is 1. The number of amides is 1. The van der Waals surface area contributed by atoms with Gasteiger partial charge in [0.05, 0.1) is 25.9 Å². The average molecular weight is 450 g/mol. The Morgan fingerprint density at radius 2 is 1.87 bits per heavy atom. The molecule has 1 amide bonds. The van der Waals surface area contributed by atoms with Crippen LogP contribution in [0.4, 0.5) is 4.39 Å². The van der Waals surface area contributed by atoms with Crippen LogP contribution < -0.4 is 10.1 Å². The molecule has 0 spiro atoms. The first kappa shape index (κ1) is 26.1. The van der Waals surface area contributed by atoms with Crippen LogP contribution in [0.3, 0.4) is 0 Å². The minimum atomic E-state index is -0.559. The molecule has 0 unspecified atom stereocenters. The van der Waals surface area contributed by atoms with E-state index < -0.39 is 11.7 Å². The third-order valence-corrected chi connectivity index (χ3v) is 4.46. The van der Waals surface area contributed by atoms with Gasteiger partial charge in [0.15, 0.2) is 0 Å². The maximum absolute atomic E-state index is 13.1. The van der Waals surface area contributed by atoms with Gasteiger partial charge in [-0.25, -0.2) is 9.38 Å². The van der Waals surface area contributed by atoms with E-state index in [0.29, 0.717) is 13.2 Å². The molecule has 0 saturated carbocycles. The summed E-state index contributed by atoms with van der Waals surface area (Å²) in [6, 6.07) is 12.6. The molecule has 0 aliphatic rings. The number of carbonyl (C=O) groups is 1. The molecule has 2 rings (SSSR count). The number of nitrogens with one attached hydrogen (secondary N) is 1. The smallest absolute Gasteiger partial charge is 0.312 e. The van der Waals surface area contributed by atoms with Gasteiger partial charge in [0.1, 0.15) is 11.6 Å². The lowest BCUT2D eigenvalue weighted by Crippen LogP contribution is -2.28. The lowest BCUT2D eigenvalue weighted by molar-refractivity contribution is -0.117. The Bertz CT molecular complexity index is 850. The van der Waals surface area contributed by atoms with Crippen LogP contribution in [0.5, 0.6) is 5.75 Å². The Hall–Kier alpha value is -2.90. The lowest BCUT2D eigenvalue weighted by Gasteiger charge is -2.21. The highest BCUT2D eigenvalue weighted by Crippen LogP contribution is 2.17. The van der Waals surface area contributed by atoms with Crippen LogP contribution in [0.1, 0.15) is 18.1 Å². The maximum atomic E-state index is 13.1. The quantitative estimate of drug-likeness (QED) is 0.265. The fourth-order valence-electron chi connectivity index (χ4n) is 2.52. The van der Waals surface area contributed by atoms with Gasteiger partial charge in [0, 0.05) is 12.7 Å². The topological polar surface area (TPSA) is 63.2 Å². The van der Waals surface area contributed by atoms with Gasteiger partial charge in [-0.3, -0.25) is 4.79 Å². The van der Waals surface area contributed by atoms with E-state index in [-0.39, 0.29) is 10.8 Å². The first-order valence-electron chi connectivity index (χ1n) is 9.60. The summed E-state index contributed by atoms with van der Waals surface area (Å²) >= 11 is 5.75. The molecule has 0 aliphatic heterocycles. The summed E-state index contributed by atoms with van der Waals surface area (Å²) in [6.07, 6.45) is 2.61. The van der Waals surface area contributed by atoms with E-state index in [4.69, 9.17) is 21.1 Å². The second kappa shape index (κ2) is 14.2. The Balaban J connectivity index is 0.000000399. The minimum Gasteiger partial charge on any atom is -0.497 e. The van der Waals surface area contributed by atoms with Crippen molar-refractivity contribution in [3.05, 3.63) is 76.4 Å². The van der Waals surface area contributed by atoms with Gasteiger partial charge in [-0.15, -0.1) is 0 Å². The largest absolute Gasteiger partial charge is 0.497 e. The number of rotatable bonds is 9. The molecule has 2 aromatic carbocycles. The number of hydrogen-bond acceptors (Lipinski definition) is 5. The second-order valence-corrected chi connectivity index (χ2v) is 6.78. The number of aryl methyl sites for hydroxylation is 1. The summed E-state index contributed by atoms with van der Waals surface area (Å²) in [7, 11) is 4.82. The summed E-state index contributed by atoms with van der Waals surface area (Å²) < 4.78 is 23.1. The van der Waals surface area contributed by atoms with E-state index in [0.717, 1.165) is 17.7 Å². The fourth-order valence-corrected chi connectivity index (χ4v) is 2.73. The summed E-state index contributed by atoms with van der Waals surface area (Å²) in [6.45, 7) is 6.18. The van der Waals surface area contributed by atoms with E-state index in [1.165, 1.54) is 31.0 Å². The molecular weight excluding hydrogens is 421 g/mol. The molecular formula is C23H29ClFN3O3. The number of nitrogens with zero attached hydrogens (tertiary/aromatic N) is 2. The predicted octanol–water partition coefficient (Wildman–Crippen LogP) is 4.43. The first-order chi connectivity index (χ1) is 14.9. The van der Waals surface area contributed by atoms with Gasteiger partial charge in [0.2, 0.25) is 5.76 Å². The van der Waals surface area contributed by atoms with Crippen LogP contribution in [0, 0.1) is 5.82 Å². The van der Waals surface area contributed by atoms with Gasteiger partial charge in [-0.1, -0.05) is 36.7 Å². The Morgan fingerprint density at radius 1 is 1.23 bits per heavy atom. The van der Waals surface area contributed by atoms with Crippen LogP contribution >= 0.6 is 11.6 Å². The zero-order valence-corrected chi connectivity index (χ0v) is 19.1. The lowest BCUT2D eigenvalue weighted by atomic mass is 10.2. The minimum absolute atomic E-state index is 0.0525. The Morgan fingerprint density at radius 3 is 2.35 bits per heavy atom. The van der Waals surface area contributed by atoms with Crippen LogP contribution in [0.2, 0.25) is 5.02 Å². The number of methoxy groups -OCH3 is 2. The molecule has 31 heavy (non-hydrogen) atoms. The summed E-state index contributed by atoms with van der Waals surface area (Å²) in [5, 5.41) is 3.01. The van der Waals surface area contributed by atoms with Crippen molar-refractivity contribution in [1.29, 1.82) is 0 Å². The summed E-state index contributed by atoms with van der Waals surface area (Å²) in [5.74, 6) is -0.0406. The normalized spacial score (nSPS) is 10.6. The van der Waals surface area contributed by atoms with E-state index >= 15 is 0 Å². The van der Waals surface area contributed by atoms with Crippen molar-refractivity contribution >= 4 is 24.2 Å². The van der Waals surface area contributed by atoms with Crippen molar-refractivity contribution in [2.24, 2.45) is 4.99 Å². The molecule has 8 heteroatoms. The second-order valence-electron chi connectivity index (χ2n) is 6.37. The van der Waals surface area contributed by atoms with Crippen LogP contribution in [-0.4, -0.2) is 45.5 Å². The highest BCUT2D eigenvalue weighted by Gasteiger charge is 2.11. The van der Waals surface area contributed by atoms with Crippen molar-refractivity contribution in [2.45, 2.75) is 19.9 Å². The standard InChI is InChI=1S/C14H17ClFN3O2.C9H12O/c1-17-9-19(8-13(21-3)14(20)18-2)7-10-4-5-12(16)11(15)6-10;1-3-8-4-6-9(10-2)7-5-8/h4-6,8,17H,2,7,9H2,1,3H3;4-7H,3H2,1-2H3/b13-8+;. The van der Waals surface area contributed by atoms with Crippen LogP contribution in [-0.2, 0) is 22.5 Å². The van der Waals surface area contributed by atoms with Crippen molar-refractivity contribution in [3.8, 4) is 5.75 Å². The molecule has 168 valence electrons. The molecule has 0 saturated heterocycles. The highest BCUT2D eigenvalue weighted by atomic mass is 35.5. The van der Waals surface area contributed by atoms with Crippen molar-refractivity contribution in [2.75, 3.05) is 27.9 Å². The SMILES string of the molecule is C=NC(=O)/C(=C\N(CNC)Cc1ccc(F)c(Cl)c1)OC.CCc1ccc(OC)cc1. The van der Waals surface area contributed by atoms with Gasteiger partial charge >= 0.3 is 5.91 Å². The monoisotopic (exact) mass is 449 g/mol. The molecule has 1 N–H and O–H groups in total. The zero-order chi connectivity index (χ0) is 23.2. The number of ether oxygens (including phenoxy) is 2. The van der Waals surface area contributed by atoms with E-state index in [1.54, 1.807) is 25.1 Å². The Labute approximate surface area is 188 Å². The average Bonchev–Trinajstić information content (AvgIpc) is 2.79. The molecule has 0 radical (unpaired) electrons. The maximum Gasteiger partial charge on any atom is 0.312 e. The van der Waals surface area contributed by atoms with Crippen molar-refractivity contribution in [1.82, 2.24) is 10.2 Å². The number of halogens is 2. The van der Waals surface area contributed by atoms with E-state index in [9.17, 15) is 9.18 Å². The molecule has 0 bridgehead atoms. The molecule has 2 aromatic rings. The molecule has 6 nitrogen and oxygen atoms in total. The van der Waals surface area contributed by atoms with Crippen LogP contribution in [0.25, 0.3) is 0 Å². The van der Waals surface area contributed by atoms with E-state index in [2.05, 4.69) is 36.1 Å². The van der Waals surface area contributed by atoms with E-state index in [1.807, 2.05) is 12.1 Å². The fraction of sp³-hybridized carbons (Fsp3) is 0.304. The third kappa shape index (κ3) is 9.19. The zero-order valence-electron chi connectivity index (χ0n) is 18.3. The van der Waals surface area contributed by atoms with Gasteiger partial charge < -0.3 is 19.7 Å². The van der Waals surface area contributed by atoms with Gasteiger partial charge in [-0.05, 0) is 55.6 Å². The number of hydrogen-bond donors (Lipinski definition) is 1.